The molecular weight excluding hydrogens is 889 g/mol. The summed E-state index contributed by atoms with van der Waals surface area (Å²) in [6.45, 7) is 6.51. The maximum absolute atomic E-state index is 12.9. The first-order valence-electron chi connectivity index (χ1n) is 30.2. The molecule has 0 spiro atoms. The molecule has 0 fully saturated rings. The molecule has 72 heavy (non-hydrogen) atoms. The van der Waals surface area contributed by atoms with E-state index in [0.717, 1.165) is 135 Å². The Morgan fingerprint density at radius 3 is 0.861 bits per heavy atom. The van der Waals surface area contributed by atoms with Crippen LogP contribution in [-0.2, 0) is 28.6 Å². The molecule has 0 aromatic heterocycles. The Morgan fingerprint density at radius 2 is 0.542 bits per heavy atom. The van der Waals surface area contributed by atoms with Crippen molar-refractivity contribution in [3.05, 3.63) is 97.2 Å². The average Bonchev–Trinajstić information content (AvgIpc) is 3.38. The molecule has 0 heterocycles. The van der Waals surface area contributed by atoms with E-state index < -0.39 is 6.10 Å². The van der Waals surface area contributed by atoms with E-state index in [0.29, 0.717) is 19.3 Å². The second-order valence-corrected chi connectivity index (χ2v) is 19.9. The van der Waals surface area contributed by atoms with Gasteiger partial charge >= 0.3 is 17.9 Å². The lowest BCUT2D eigenvalue weighted by molar-refractivity contribution is -0.167. The van der Waals surface area contributed by atoms with E-state index in [1.165, 1.54) is 109 Å². The third kappa shape index (κ3) is 57.2. The summed E-state index contributed by atoms with van der Waals surface area (Å²) < 4.78 is 16.9. The van der Waals surface area contributed by atoms with Gasteiger partial charge in [-0.05, 0) is 103 Å². The summed E-state index contributed by atoms with van der Waals surface area (Å²) in [6, 6.07) is 0. The molecule has 0 aliphatic rings. The van der Waals surface area contributed by atoms with Crippen molar-refractivity contribution in [3.8, 4) is 0 Å². The molecule has 6 nitrogen and oxygen atoms in total. The molecule has 0 aliphatic carbocycles. The fourth-order valence-electron chi connectivity index (χ4n) is 8.30. The van der Waals surface area contributed by atoms with Crippen molar-refractivity contribution in [1.82, 2.24) is 0 Å². The van der Waals surface area contributed by atoms with Gasteiger partial charge in [-0.25, -0.2) is 0 Å². The minimum Gasteiger partial charge on any atom is -0.462 e. The van der Waals surface area contributed by atoms with E-state index >= 15 is 0 Å². The Hall–Kier alpha value is -3.67. The maximum atomic E-state index is 12.9. The summed E-state index contributed by atoms with van der Waals surface area (Å²) in [5.41, 5.74) is 0. The zero-order valence-electron chi connectivity index (χ0n) is 47.2. The van der Waals surface area contributed by atoms with Crippen LogP contribution in [0, 0.1) is 0 Å². The lowest BCUT2D eigenvalue weighted by Crippen LogP contribution is -2.30. The summed E-state index contributed by atoms with van der Waals surface area (Å²) in [7, 11) is 0. The van der Waals surface area contributed by atoms with Gasteiger partial charge in [0.25, 0.3) is 0 Å². The predicted octanol–water partition coefficient (Wildman–Crippen LogP) is 20.5. The number of carbonyl (C=O) groups is 3. The molecule has 0 aliphatic heterocycles. The van der Waals surface area contributed by atoms with Gasteiger partial charge in [-0.3, -0.25) is 14.4 Å². The van der Waals surface area contributed by atoms with E-state index in [2.05, 4.69) is 118 Å². The zero-order valence-corrected chi connectivity index (χ0v) is 47.2. The largest absolute Gasteiger partial charge is 0.462 e. The smallest absolute Gasteiger partial charge is 0.306 e. The highest BCUT2D eigenvalue weighted by molar-refractivity contribution is 5.71. The van der Waals surface area contributed by atoms with E-state index in [4.69, 9.17) is 14.2 Å². The van der Waals surface area contributed by atoms with Crippen LogP contribution in [0.3, 0.4) is 0 Å². The van der Waals surface area contributed by atoms with Crippen LogP contribution in [0.1, 0.15) is 284 Å². The van der Waals surface area contributed by atoms with Crippen molar-refractivity contribution in [1.29, 1.82) is 0 Å². The molecule has 0 bridgehead atoms. The molecule has 0 saturated carbocycles. The van der Waals surface area contributed by atoms with Crippen molar-refractivity contribution in [3.63, 3.8) is 0 Å². The minimum absolute atomic E-state index is 0.0850. The zero-order chi connectivity index (χ0) is 52.2. The second kappa shape index (κ2) is 59.9. The molecule has 6 heteroatoms. The van der Waals surface area contributed by atoms with Crippen LogP contribution in [0.5, 0.6) is 0 Å². The number of allylic oxidation sites excluding steroid dienone is 16. The van der Waals surface area contributed by atoms with Crippen LogP contribution < -0.4 is 0 Å². The fraction of sp³-hybridized carbons (Fsp3) is 0.712. The summed E-state index contributed by atoms with van der Waals surface area (Å²) >= 11 is 0. The van der Waals surface area contributed by atoms with Crippen LogP contribution in [0.25, 0.3) is 0 Å². The molecule has 0 saturated heterocycles. The van der Waals surface area contributed by atoms with Gasteiger partial charge in [0.05, 0.1) is 0 Å². The lowest BCUT2D eigenvalue weighted by Gasteiger charge is -2.18. The fourth-order valence-corrected chi connectivity index (χ4v) is 8.30. The van der Waals surface area contributed by atoms with Gasteiger partial charge in [0.15, 0.2) is 6.10 Å². The molecule has 0 aromatic carbocycles. The van der Waals surface area contributed by atoms with Crippen LogP contribution in [0.15, 0.2) is 97.2 Å². The topological polar surface area (TPSA) is 78.9 Å². The number of esters is 3. The number of unbranched alkanes of at least 4 members (excludes halogenated alkanes) is 27. The Kier molecular flexibility index (Phi) is 56.8. The second-order valence-electron chi connectivity index (χ2n) is 19.9. The SMILES string of the molecule is CC/C=C\C/C=C\C/C=C\C/C=C\C/C=C\C/C=C\C/C=C\CCCCCCCC(=O)OCC(COC(=O)CCCCCCCCCCCCCC)OC(=O)CCCCCCC/C=C\CCCCCCCC. The van der Waals surface area contributed by atoms with Crippen LogP contribution in [0.2, 0.25) is 0 Å². The van der Waals surface area contributed by atoms with Gasteiger partial charge in [-0.2, -0.15) is 0 Å². The van der Waals surface area contributed by atoms with Gasteiger partial charge in [0.1, 0.15) is 13.2 Å². The number of hydrogen-bond donors (Lipinski definition) is 0. The third-order valence-electron chi connectivity index (χ3n) is 12.8. The number of hydrogen-bond acceptors (Lipinski definition) is 6. The van der Waals surface area contributed by atoms with Crippen molar-refractivity contribution in [2.75, 3.05) is 13.2 Å². The van der Waals surface area contributed by atoms with Crippen LogP contribution in [0.4, 0.5) is 0 Å². The third-order valence-corrected chi connectivity index (χ3v) is 12.8. The van der Waals surface area contributed by atoms with Crippen LogP contribution >= 0.6 is 0 Å². The summed E-state index contributed by atoms with van der Waals surface area (Å²) in [5.74, 6) is -0.908. The average molecular weight is 1000 g/mol. The Morgan fingerprint density at radius 1 is 0.292 bits per heavy atom. The first-order valence-corrected chi connectivity index (χ1v) is 30.2. The Balaban J connectivity index is 4.35. The summed E-state index contributed by atoms with van der Waals surface area (Å²) in [4.78, 5) is 38.2. The first-order chi connectivity index (χ1) is 35.5. The number of carbonyl (C=O) groups excluding carboxylic acids is 3. The van der Waals surface area contributed by atoms with Gasteiger partial charge in [-0.15, -0.1) is 0 Å². The molecule has 412 valence electrons. The molecular formula is C66H112O6. The van der Waals surface area contributed by atoms with E-state index in [9.17, 15) is 14.4 Å². The van der Waals surface area contributed by atoms with Crippen molar-refractivity contribution < 1.29 is 28.6 Å². The number of rotatable bonds is 54. The van der Waals surface area contributed by atoms with Gasteiger partial charge in [0.2, 0.25) is 0 Å². The van der Waals surface area contributed by atoms with Crippen LogP contribution in [-0.4, -0.2) is 37.2 Å². The van der Waals surface area contributed by atoms with Crippen molar-refractivity contribution in [2.45, 2.75) is 290 Å². The van der Waals surface area contributed by atoms with Crippen molar-refractivity contribution in [2.24, 2.45) is 0 Å². The first kappa shape index (κ1) is 68.3. The van der Waals surface area contributed by atoms with E-state index in [1.807, 2.05) is 0 Å². The molecule has 1 unspecified atom stereocenters. The molecule has 0 radical (unpaired) electrons. The number of ether oxygens (including phenoxy) is 3. The summed E-state index contributed by atoms with van der Waals surface area (Å²) in [5, 5.41) is 0. The molecule has 0 aromatic rings. The molecule has 0 rings (SSSR count). The maximum Gasteiger partial charge on any atom is 0.306 e. The van der Waals surface area contributed by atoms with Gasteiger partial charge in [-0.1, -0.05) is 259 Å². The highest BCUT2D eigenvalue weighted by atomic mass is 16.6. The Labute approximate surface area is 445 Å². The predicted molar refractivity (Wildman–Crippen MR) is 311 cm³/mol. The lowest BCUT2D eigenvalue weighted by atomic mass is 10.0. The van der Waals surface area contributed by atoms with Crippen molar-refractivity contribution >= 4 is 17.9 Å². The quantitative estimate of drug-likeness (QED) is 0.0261. The monoisotopic (exact) mass is 1000 g/mol. The standard InChI is InChI=1S/C66H112O6/c1-4-7-10-13-16-19-22-25-27-28-29-30-31-32-33-34-35-36-37-38-40-41-44-47-50-53-56-59-65(68)71-62-63(61-70-64(67)58-55-52-49-46-43-24-21-18-15-12-9-6-3)72-66(69)60-57-54-51-48-45-42-39-26-23-20-17-14-11-8-5-2/h7,10,16,19,25-27,29-30,32-33,35-36,38-40,63H,4-6,8-9,11-15,17-18,20-24,28,31,34,37,41-62H2,1-3H3/b10-7-,19-16-,27-25-,30-29-,33-32-,36-35-,39-26-,40-38-. The Bertz CT molecular complexity index is 1430. The highest BCUT2D eigenvalue weighted by Gasteiger charge is 2.19. The molecule has 0 amide bonds. The normalized spacial score (nSPS) is 12.8. The highest BCUT2D eigenvalue weighted by Crippen LogP contribution is 2.15. The van der Waals surface area contributed by atoms with Gasteiger partial charge < -0.3 is 14.2 Å². The van der Waals surface area contributed by atoms with E-state index in [1.54, 1.807) is 0 Å². The van der Waals surface area contributed by atoms with E-state index in [-0.39, 0.29) is 31.1 Å². The minimum atomic E-state index is -0.789. The van der Waals surface area contributed by atoms with Gasteiger partial charge in [0, 0.05) is 19.3 Å². The molecule has 0 N–H and O–H groups in total. The molecule has 1 atom stereocenters. The summed E-state index contributed by atoms with van der Waals surface area (Å²) in [6.07, 6.45) is 79.7.